The number of carbonyl (C=O) groups excluding carboxylic acids is 1. The Kier molecular flexibility index (Phi) is 3.46. The number of nitrogens with zero attached hydrogens (tertiary/aromatic N) is 5. The van der Waals surface area contributed by atoms with Crippen molar-refractivity contribution in [1.82, 2.24) is 24.5 Å². The second-order valence-corrected chi connectivity index (χ2v) is 4.39. The Morgan fingerprint density at radius 2 is 2.10 bits per heavy atom. The Morgan fingerprint density at radius 1 is 1.29 bits per heavy atom. The average molecular weight is 283 g/mol. The van der Waals surface area contributed by atoms with Crippen molar-refractivity contribution >= 4 is 5.97 Å². The molecule has 1 aromatic carbocycles. The Labute approximate surface area is 120 Å². The van der Waals surface area contributed by atoms with Crippen LogP contribution in [-0.4, -0.2) is 37.6 Å². The van der Waals surface area contributed by atoms with Gasteiger partial charge in [-0.25, -0.2) is 19.1 Å². The number of carbonyl (C=O) groups is 1. The number of ether oxygens (including phenoxy) is 1. The highest BCUT2D eigenvalue weighted by Crippen LogP contribution is 2.08. The van der Waals surface area contributed by atoms with E-state index in [1.165, 1.54) is 13.4 Å². The zero-order valence-corrected chi connectivity index (χ0v) is 11.4. The monoisotopic (exact) mass is 283 g/mol. The van der Waals surface area contributed by atoms with Crippen molar-refractivity contribution in [3.8, 4) is 5.69 Å². The van der Waals surface area contributed by atoms with E-state index in [-0.39, 0.29) is 5.82 Å². The molecule has 0 saturated heterocycles. The molecule has 0 N–H and O–H groups in total. The molecule has 7 nitrogen and oxygen atoms in total. The molecule has 3 aromatic rings. The van der Waals surface area contributed by atoms with Crippen LogP contribution in [0.5, 0.6) is 0 Å². The summed E-state index contributed by atoms with van der Waals surface area (Å²) in [6.45, 7) is 0.483. The molecule has 106 valence electrons. The first-order chi connectivity index (χ1) is 10.3. The first kappa shape index (κ1) is 13.0. The fourth-order valence-electron chi connectivity index (χ4n) is 1.91. The number of aromatic nitrogens is 5. The van der Waals surface area contributed by atoms with Crippen molar-refractivity contribution in [3.05, 3.63) is 60.4 Å². The second kappa shape index (κ2) is 5.58. The van der Waals surface area contributed by atoms with Crippen LogP contribution in [0.4, 0.5) is 0 Å². The third-order valence-electron chi connectivity index (χ3n) is 2.91. The molecule has 0 spiro atoms. The lowest BCUT2D eigenvalue weighted by Gasteiger charge is -1.99. The van der Waals surface area contributed by atoms with E-state index in [1.54, 1.807) is 15.6 Å². The fourth-order valence-corrected chi connectivity index (χ4v) is 1.91. The van der Waals surface area contributed by atoms with Crippen molar-refractivity contribution < 1.29 is 9.53 Å². The lowest BCUT2D eigenvalue weighted by molar-refractivity contribution is 0.0586. The van der Waals surface area contributed by atoms with Crippen molar-refractivity contribution in [2.45, 2.75) is 6.54 Å². The van der Waals surface area contributed by atoms with Gasteiger partial charge in [0.1, 0.15) is 6.33 Å². The Morgan fingerprint density at radius 3 is 2.86 bits per heavy atom. The quantitative estimate of drug-likeness (QED) is 0.675. The molecule has 0 unspecified atom stereocenters. The predicted octanol–water partition coefficient (Wildman–Crippen LogP) is 1.30. The largest absolute Gasteiger partial charge is 0.463 e. The van der Waals surface area contributed by atoms with Gasteiger partial charge in [0.25, 0.3) is 5.82 Å². The van der Waals surface area contributed by atoms with Crippen LogP contribution in [0, 0.1) is 0 Å². The lowest BCUT2D eigenvalue weighted by atomic mass is 10.3. The lowest BCUT2D eigenvalue weighted by Crippen LogP contribution is -2.06. The number of methoxy groups -OCH3 is 1. The molecule has 21 heavy (non-hydrogen) atoms. The maximum atomic E-state index is 11.3. The van der Waals surface area contributed by atoms with E-state index in [0.717, 1.165) is 11.3 Å². The van der Waals surface area contributed by atoms with Gasteiger partial charge in [-0.1, -0.05) is 18.2 Å². The standard InChI is InChI=1S/C14H13N5O2/c1-21-14(20)13-15-10-18(17-13)8-11-7-16-19(9-11)12-5-3-2-4-6-12/h2-7,9-10H,8H2,1H3. The topological polar surface area (TPSA) is 74.8 Å². The van der Waals surface area contributed by atoms with E-state index in [0.29, 0.717) is 6.54 Å². The Bertz CT molecular complexity index is 748. The molecule has 0 saturated carbocycles. The van der Waals surface area contributed by atoms with E-state index in [4.69, 9.17) is 0 Å². The molecule has 0 aliphatic heterocycles. The van der Waals surface area contributed by atoms with Crippen LogP contribution in [0.3, 0.4) is 0 Å². The smallest absolute Gasteiger partial charge is 0.377 e. The van der Waals surface area contributed by atoms with Crippen molar-refractivity contribution in [3.63, 3.8) is 0 Å². The number of benzene rings is 1. The molecular weight excluding hydrogens is 270 g/mol. The predicted molar refractivity (Wildman–Crippen MR) is 74.0 cm³/mol. The maximum Gasteiger partial charge on any atom is 0.377 e. The summed E-state index contributed by atoms with van der Waals surface area (Å²) < 4.78 is 7.92. The summed E-state index contributed by atoms with van der Waals surface area (Å²) in [7, 11) is 1.30. The minimum atomic E-state index is -0.547. The van der Waals surface area contributed by atoms with Crippen LogP contribution in [0.2, 0.25) is 0 Å². The van der Waals surface area contributed by atoms with E-state index in [2.05, 4.69) is 19.9 Å². The Balaban J connectivity index is 1.76. The summed E-state index contributed by atoms with van der Waals surface area (Å²) >= 11 is 0. The molecule has 0 bridgehead atoms. The van der Waals surface area contributed by atoms with Crippen LogP contribution in [0.1, 0.15) is 16.2 Å². The van der Waals surface area contributed by atoms with Gasteiger partial charge in [-0.3, -0.25) is 0 Å². The van der Waals surface area contributed by atoms with Crippen LogP contribution < -0.4 is 0 Å². The summed E-state index contributed by atoms with van der Waals surface area (Å²) in [4.78, 5) is 15.2. The molecule has 0 fully saturated rings. The summed E-state index contributed by atoms with van der Waals surface area (Å²) in [6, 6.07) is 9.81. The van der Waals surface area contributed by atoms with Crippen molar-refractivity contribution in [1.29, 1.82) is 0 Å². The van der Waals surface area contributed by atoms with Gasteiger partial charge in [0.2, 0.25) is 0 Å². The van der Waals surface area contributed by atoms with E-state index >= 15 is 0 Å². The molecule has 7 heteroatoms. The molecule has 2 aromatic heterocycles. The molecular formula is C14H13N5O2. The van der Waals surface area contributed by atoms with Gasteiger partial charge in [0.05, 0.1) is 25.5 Å². The molecule has 0 atom stereocenters. The summed E-state index contributed by atoms with van der Waals surface area (Å²) in [6.07, 6.45) is 5.16. The van der Waals surface area contributed by atoms with Crippen LogP contribution in [-0.2, 0) is 11.3 Å². The van der Waals surface area contributed by atoms with Gasteiger partial charge in [-0.15, -0.1) is 5.10 Å². The normalized spacial score (nSPS) is 10.5. The molecule has 2 heterocycles. The molecule has 0 aliphatic carbocycles. The Hall–Kier alpha value is -2.96. The SMILES string of the molecule is COC(=O)c1ncn(Cc2cnn(-c3ccccc3)c2)n1. The van der Waals surface area contributed by atoms with Crippen LogP contribution in [0.25, 0.3) is 5.69 Å². The fraction of sp³-hybridized carbons (Fsp3) is 0.143. The van der Waals surface area contributed by atoms with E-state index in [9.17, 15) is 4.79 Å². The van der Waals surface area contributed by atoms with E-state index < -0.39 is 5.97 Å². The highest BCUT2D eigenvalue weighted by molar-refractivity contribution is 5.84. The average Bonchev–Trinajstić information content (AvgIpc) is 3.17. The van der Waals surface area contributed by atoms with Gasteiger partial charge in [-0.05, 0) is 12.1 Å². The van der Waals surface area contributed by atoms with Gasteiger partial charge in [0.15, 0.2) is 0 Å². The summed E-state index contributed by atoms with van der Waals surface area (Å²) in [5.41, 5.74) is 1.94. The maximum absolute atomic E-state index is 11.3. The zero-order valence-electron chi connectivity index (χ0n) is 11.4. The highest BCUT2D eigenvalue weighted by atomic mass is 16.5. The molecule has 3 rings (SSSR count). The number of hydrogen-bond acceptors (Lipinski definition) is 5. The van der Waals surface area contributed by atoms with Crippen molar-refractivity contribution in [2.75, 3.05) is 7.11 Å². The minimum Gasteiger partial charge on any atom is -0.463 e. The molecule has 0 amide bonds. The molecule has 0 radical (unpaired) electrons. The first-order valence-corrected chi connectivity index (χ1v) is 6.33. The first-order valence-electron chi connectivity index (χ1n) is 6.33. The number of hydrogen-bond donors (Lipinski definition) is 0. The van der Waals surface area contributed by atoms with Gasteiger partial charge in [0, 0.05) is 11.8 Å². The number of para-hydroxylation sites is 1. The second-order valence-electron chi connectivity index (χ2n) is 4.39. The van der Waals surface area contributed by atoms with Gasteiger partial charge < -0.3 is 4.74 Å². The summed E-state index contributed by atoms with van der Waals surface area (Å²) in [5.74, 6) is -0.498. The van der Waals surface area contributed by atoms with Crippen LogP contribution >= 0.6 is 0 Å². The van der Waals surface area contributed by atoms with E-state index in [1.807, 2.05) is 36.5 Å². The van der Waals surface area contributed by atoms with Crippen LogP contribution in [0.15, 0.2) is 49.1 Å². The minimum absolute atomic E-state index is 0.0490. The van der Waals surface area contributed by atoms with Crippen molar-refractivity contribution in [2.24, 2.45) is 0 Å². The third kappa shape index (κ3) is 2.81. The van der Waals surface area contributed by atoms with Gasteiger partial charge in [-0.2, -0.15) is 5.10 Å². The van der Waals surface area contributed by atoms with Gasteiger partial charge >= 0.3 is 5.97 Å². The number of rotatable bonds is 4. The number of esters is 1. The highest BCUT2D eigenvalue weighted by Gasteiger charge is 2.11. The molecule has 0 aliphatic rings. The summed E-state index contributed by atoms with van der Waals surface area (Å²) in [5, 5.41) is 8.36. The zero-order chi connectivity index (χ0) is 14.7. The third-order valence-corrected chi connectivity index (χ3v) is 2.91.